The van der Waals surface area contributed by atoms with E-state index in [4.69, 9.17) is 4.42 Å². The predicted molar refractivity (Wildman–Crippen MR) is 76.2 cm³/mol. The monoisotopic (exact) mass is 286 g/mol. The third-order valence-corrected chi connectivity index (χ3v) is 3.43. The Hall–Kier alpha value is -2.70. The molecule has 2 aromatic heterocycles. The Morgan fingerprint density at radius 2 is 2.10 bits per heavy atom. The maximum atomic E-state index is 10.9. The molecule has 0 N–H and O–H groups in total. The van der Waals surface area contributed by atoms with Gasteiger partial charge in [0.2, 0.25) is 0 Å². The van der Waals surface area contributed by atoms with Crippen molar-refractivity contribution in [3.05, 3.63) is 51.4 Å². The minimum Gasteiger partial charge on any atom is -0.446 e. The zero-order valence-electron chi connectivity index (χ0n) is 12.0. The third kappa shape index (κ3) is 2.26. The molecule has 3 rings (SSSR count). The molecule has 0 bridgehead atoms. The summed E-state index contributed by atoms with van der Waals surface area (Å²) >= 11 is 0. The number of aromatic nitrogens is 3. The Kier molecular flexibility index (Phi) is 2.97. The number of nitrogens with zero attached hydrogens (tertiary/aromatic N) is 4. The van der Waals surface area contributed by atoms with Crippen LogP contribution in [-0.2, 0) is 6.54 Å². The summed E-state index contributed by atoms with van der Waals surface area (Å²) in [6.07, 6.45) is 0. The van der Waals surface area contributed by atoms with Crippen molar-refractivity contribution >= 4 is 16.6 Å². The van der Waals surface area contributed by atoms with Crippen LogP contribution >= 0.6 is 0 Å². The second-order valence-electron chi connectivity index (χ2n) is 4.94. The van der Waals surface area contributed by atoms with E-state index in [-0.39, 0.29) is 5.69 Å². The molecule has 0 spiro atoms. The number of hydrogen-bond donors (Lipinski definition) is 0. The molecule has 0 saturated carbocycles. The van der Waals surface area contributed by atoms with Gasteiger partial charge in [-0.15, -0.1) is 0 Å². The average Bonchev–Trinajstić information content (AvgIpc) is 2.90. The van der Waals surface area contributed by atoms with Gasteiger partial charge in [-0.05, 0) is 19.9 Å². The fraction of sp³-hybridized carbons (Fsp3) is 0.286. The molecule has 0 aliphatic rings. The topological polar surface area (TPSA) is 87.0 Å². The molecule has 0 unspecified atom stereocenters. The van der Waals surface area contributed by atoms with E-state index in [0.717, 1.165) is 28.1 Å². The Morgan fingerprint density at radius 3 is 2.71 bits per heavy atom. The number of fused-ring (bicyclic) bond motifs is 1. The minimum absolute atomic E-state index is 0.0682. The molecule has 108 valence electrons. The first-order chi connectivity index (χ1) is 9.95. The van der Waals surface area contributed by atoms with Gasteiger partial charge in [-0.25, -0.2) is 4.98 Å². The molecule has 0 aliphatic carbocycles. The number of aryl methyl sites for hydroxylation is 3. The van der Waals surface area contributed by atoms with Crippen LogP contribution in [0.15, 0.2) is 22.6 Å². The van der Waals surface area contributed by atoms with E-state index in [9.17, 15) is 10.1 Å². The molecule has 0 fully saturated rings. The standard InChI is InChI=1S/C14H14N4O3/c1-8-12-6-11(18(19)20)4-5-14(12)17(16-8)7-13-9(2)21-10(3)15-13/h4-6H,7H2,1-3H3. The van der Waals surface area contributed by atoms with E-state index in [1.807, 2.05) is 13.8 Å². The van der Waals surface area contributed by atoms with Crippen LogP contribution in [0, 0.1) is 30.9 Å². The molecular formula is C14H14N4O3. The van der Waals surface area contributed by atoms with Gasteiger partial charge in [0, 0.05) is 24.4 Å². The molecule has 3 aromatic rings. The van der Waals surface area contributed by atoms with E-state index in [1.54, 1.807) is 23.7 Å². The highest BCUT2D eigenvalue weighted by molar-refractivity contribution is 5.84. The predicted octanol–water partition coefficient (Wildman–Crippen LogP) is 2.91. The highest BCUT2D eigenvalue weighted by atomic mass is 16.6. The number of benzene rings is 1. The molecule has 0 saturated heterocycles. The first-order valence-electron chi connectivity index (χ1n) is 6.50. The van der Waals surface area contributed by atoms with Crippen LogP contribution in [0.5, 0.6) is 0 Å². The van der Waals surface area contributed by atoms with Crippen molar-refractivity contribution in [3.63, 3.8) is 0 Å². The summed E-state index contributed by atoms with van der Waals surface area (Å²) in [5, 5.41) is 16.1. The van der Waals surface area contributed by atoms with Crippen LogP contribution in [0.4, 0.5) is 5.69 Å². The van der Waals surface area contributed by atoms with Gasteiger partial charge in [0.15, 0.2) is 5.89 Å². The van der Waals surface area contributed by atoms with Crippen molar-refractivity contribution in [1.29, 1.82) is 0 Å². The number of hydrogen-bond acceptors (Lipinski definition) is 5. The van der Waals surface area contributed by atoms with Gasteiger partial charge in [0.25, 0.3) is 5.69 Å². The summed E-state index contributed by atoms with van der Waals surface area (Å²) in [6, 6.07) is 4.76. The van der Waals surface area contributed by atoms with Crippen molar-refractivity contribution in [3.8, 4) is 0 Å². The quantitative estimate of drug-likeness (QED) is 0.545. The average molecular weight is 286 g/mol. The number of oxazole rings is 1. The second kappa shape index (κ2) is 4.69. The van der Waals surface area contributed by atoms with E-state index >= 15 is 0 Å². The number of nitro groups is 1. The van der Waals surface area contributed by atoms with Crippen molar-refractivity contribution in [2.75, 3.05) is 0 Å². The minimum atomic E-state index is -0.401. The number of nitro benzene ring substituents is 1. The highest BCUT2D eigenvalue weighted by Gasteiger charge is 2.15. The zero-order chi connectivity index (χ0) is 15.1. The molecule has 0 amide bonds. The Balaban J connectivity index is 2.07. The molecule has 0 atom stereocenters. The molecule has 2 heterocycles. The van der Waals surface area contributed by atoms with Gasteiger partial charge in [-0.3, -0.25) is 14.8 Å². The van der Waals surface area contributed by atoms with Crippen molar-refractivity contribution in [1.82, 2.24) is 14.8 Å². The summed E-state index contributed by atoms with van der Waals surface area (Å²) < 4.78 is 7.20. The first-order valence-corrected chi connectivity index (χ1v) is 6.50. The molecule has 0 aliphatic heterocycles. The lowest BCUT2D eigenvalue weighted by atomic mass is 10.2. The summed E-state index contributed by atoms with van der Waals surface area (Å²) in [4.78, 5) is 14.8. The van der Waals surface area contributed by atoms with E-state index in [2.05, 4.69) is 10.1 Å². The number of non-ortho nitro benzene ring substituents is 1. The van der Waals surface area contributed by atoms with Crippen LogP contribution in [0.2, 0.25) is 0 Å². The van der Waals surface area contributed by atoms with Crippen LogP contribution in [-0.4, -0.2) is 19.7 Å². The van der Waals surface area contributed by atoms with Crippen LogP contribution in [0.3, 0.4) is 0 Å². The Bertz CT molecular complexity index is 847. The molecule has 1 aromatic carbocycles. The summed E-state index contributed by atoms with van der Waals surface area (Å²) in [5.41, 5.74) is 2.48. The van der Waals surface area contributed by atoms with E-state index in [1.165, 1.54) is 6.07 Å². The lowest BCUT2D eigenvalue weighted by Crippen LogP contribution is -2.03. The maximum Gasteiger partial charge on any atom is 0.270 e. The molecule has 7 heteroatoms. The van der Waals surface area contributed by atoms with Crippen LogP contribution < -0.4 is 0 Å². The van der Waals surface area contributed by atoms with Crippen LogP contribution in [0.25, 0.3) is 10.9 Å². The van der Waals surface area contributed by atoms with Gasteiger partial charge in [0.05, 0.1) is 22.7 Å². The lowest BCUT2D eigenvalue weighted by molar-refractivity contribution is -0.384. The van der Waals surface area contributed by atoms with E-state index in [0.29, 0.717) is 12.4 Å². The SMILES string of the molecule is Cc1nc(Cn2nc(C)c3cc([N+](=O)[O-])ccc32)c(C)o1. The maximum absolute atomic E-state index is 10.9. The molecule has 0 radical (unpaired) electrons. The van der Waals surface area contributed by atoms with Gasteiger partial charge >= 0.3 is 0 Å². The zero-order valence-corrected chi connectivity index (χ0v) is 12.0. The Labute approximate surface area is 120 Å². The number of rotatable bonds is 3. The normalized spacial score (nSPS) is 11.2. The van der Waals surface area contributed by atoms with Gasteiger partial charge in [-0.2, -0.15) is 5.10 Å². The van der Waals surface area contributed by atoms with Crippen molar-refractivity contribution < 1.29 is 9.34 Å². The second-order valence-corrected chi connectivity index (χ2v) is 4.94. The van der Waals surface area contributed by atoms with Gasteiger partial charge in [-0.1, -0.05) is 0 Å². The molecule has 7 nitrogen and oxygen atoms in total. The fourth-order valence-corrected chi connectivity index (χ4v) is 2.42. The molecular weight excluding hydrogens is 272 g/mol. The van der Waals surface area contributed by atoms with Gasteiger partial charge < -0.3 is 4.42 Å². The summed E-state index contributed by atoms with van der Waals surface area (Å²) in [5.74, 6) is 1.38. The smallest absolute Gasteiger partial charge is 0.270 e. The molecule has 21 heavy (non-hydrogen) atoms. The highest BCUT2D eigenvalue weighted by Crippen LogP contribution is 2.24. The first kappa shape index (κ1) is 13.3. The van der Waals surface area contributed by atoms with E-state index < -0.39 is 4.92 Å². The van der Waals surface area contributed by atoms with Gasteiger partial charge in [0.1, 0.15) is 11.5 Å². The Morgan fingerprint density at radius 1 is 1.33 bits per heavy atom. The summed E-state index contributed by atoms with van der Waals surface area (Å²) in [7, 11) is 0. The largest absolute Gasteiger partial charge is 0.446 e. The van der Waals surface area contributed by atoms with Crippen molar-refractivity contribution in [2.45, 2.75) is 27.3 Å². The third-order valence-electron chi connectivity index (χ3n) is 3.43. The lowest BCUT2D eigenvalue weighted by Gasteiger charge is -2.01. The van der Waals surface area contributed by atoms with Crippen molar-refractivity contribution in [2.24, 2.45) is 0 Å². The fourth-order valence-electron chi connectivity index (χ4n) is 2.42. The summed E-state index contributed by atoms with van der Waals surface area (Å²) in [6.45, 7) is 5.97. The van der Waals surface area contributed by atoms with Crippen LogP contribution in [0.1, 0.15) is 23.0 Å².